The molecule has 230 valence electrons. The molecule has 1 aliphatic carbocycles. The Hall–Kier alpha value is -6.38. The lowest BCUT2D eigenvalue weighted by Gasteiger charge is -2.40. The van der Waals surface area contributed by atoms with Gasteiger partial charge in [-0.15, -0.1) is 0 Å². The highest BCUT2D eigenvalue weighted by Gasteiger charge is 2.51. The quantitative estimate of drug-likeness (QED) is 0.193. The predicted molar refractivity (Wildman–Crippen MR) is 201 cm³/mol. The average molecular weight is 626 g/mol. The van der Waals surface area contributed by atoms with Gasteiger partial charge in [0.2, 0.25) is 0 Å². The van der Waals surface area contributed by atoms with Gasteiger partial charge in [-0.3, -0.25) is 0 Å². The molecule has 0 radical (unpaired) electrons. The van der Waals surface area contributed by atoms with Crippen LogP contribution in [0, 0.1) is 0 Å². The molecular formula is C47H31NO. The van der Waals surface area contributed by atoms with Crippen LogP contribution in [0.1, 0.15) is 22.3 Å². The van der Waals surface area contributed by atoms with Crippen molar-refractivity contribution in [3.8, 4) is 33.8 Å². The summed E-state index contributed by atoms with van der Waals surface area (Å²) in [6.45, 7) is 0. The monoisotopic (exact) mass is 625 g/mol. The third kappa shape index (κ3) is 4.01. The van der Waals surface area contributed by atoms with Gasteiger partial charge in [0.05, 0.1) is 16.8 Å². The molecular weight excluding hydrogens is 595 g/mol. The Labute approximate surface area is 286 Å². The highest BCUT2D eigenvalue weighted by molar-refractivity contribution is 6.01. The lowest BCUT2D eigenvalue weighted by Crippen LogP contribution is -2.32. The molecule has 0 N–H and O–H groups in total. The maximum absolute atomic E-state index is 6.79. The van der Waals surface area contributed by atoms with Gasteiger partial charge in [0.25, 0.3) is 0 Å². The third-order valence-corrected chi connectivity index (χ3v) is 10.3. The summed E-state index contributed by atoms with van der Waals surface area (Å²) in [5, 5.41) is 2.39. The van der Waals surface area contributed by atoms with E-state index in [2.05, 4.69) is 193 Å². The zero-order valence-corrected chi connectivity index (χ0v) is 26.8. The van der Waals surface area contributed by atoms with E-state index in [1.54, 1.807) is 0 Å². The van der Waals surface area contributed by atoms with Gasteiger partial charge >= 0.3 is 0 Å². The normalized spacial score (nSPS) is 13.2. The van der Waals surface area contributed by atoms with Crippen LogP contribution in [0.5, 0.6) is 11.5 Å². The number of rotatable bonds is 4. The van der Waals surface area contributed by atoms with Crippen LogP contribution in [-0.2, 0) is 5.41 Å². The summed E-state index contributed by atoms with van der Waals surface area (Å²) in [5.74, 6) is 1.78. The molecule has 10 rings (SSSR count). The van der Waals surface area contributed by atoms with Crippen molar-refractivity contribution in [2.45, 2.75) is 5.41 Å². The van der Waals surface area contributed by atoms with Gasteiger partial charge in [0.1, 0.15) is 11.5 Å². The highest BCUT2D eigenvalue weighted by Crippen LogP contribution is 2.62. The number of ether oxygens (including phenoxy) is 1. The van der Waals surface area contributed by atoms with Crippen molar-refractivity contribution >= 4 is 27.8 Å². The van der Waals surface area contributed by atoms with Crippen molar-refractivity contribution in [2.75, 3.05) is 4.90 Å². The molecule has 0 aromatic heterocycles. The van der Waals surface area contributed by atoms with Gasteiger partial charge in [-0.2, -0.15) is 0 Å². The lowest BCUT2D eigenvalue weighted by atomic mass is 9.66. The summed E-state index contributed by atoms with van der Waals surface area (Å²) in [7, 11) is 0. The van der Waals surface area contributed by atoms with Crippen LogP contribution in [0.2, 0.25) is 0 Å². The molecule has 0 unspecified atom stereocenters. The first-order valence-electron chi connectivity index (χ1n) is 16.9. The van der Waals surface area contributed by atoms with E-state index in [9.17, 15) is 0 Å². The van der Waals surface area contributed by atoms with Crippen LogP contribution >= 0.6 is 0 Å². The summed E-state index contributed by atoms with van der Waals surface area (Å²) in [5.41, 5.74) is 12.5. The SMILES string of the molecule is c1ccc(-c2ccccc2N(c2ccc3c(c2)C2(c4ccccc4O3)c3ccccc3-c3ccccc32)c2cccc3ccccc23)cc1. The third-order valence-electron chi connectivity index (χ3n) is 10.3. The predicted octanol–water partition coefficient (Wildman–Crippen LogP) is 12.4. The van der Waals surface area contributed by atoms with Crippen molar-refractivity contribution in [1.29, 1.82) is 0 Å². The van der Waals surface area contributed by atoms with Crippen LogP contribution in [0.15, 0.2) is 188 Å². The fraction of sp³-hybridized carbons (Fsp3) is 0.0213. The molecule has 0 saturated carbocycles. The Morgan fingerprint density at radius 3 is 1.76 bits per heavy atom. The smallest absolute Gasteiger partial charge is 0.132 e. The molecule has 1 spiro atoms. The number of hydrogen-bond donors (Lipinski definition) is 0. The average Bonchev–Trinajstić information content (AvgIpc) is 3.47. The minimum absolute atomic E-state index is 0.545. The van der Waals surface area contributed by atoms with Crippen LogP contribution in [-0.4, -0.2) is 0 Å². The molecule has 0 bridgehead atoms. The minimum Gasteiger partial charge on any atom is -0.457 e. The topological polar surface area (TPSA) is 12.5 Å². The summed E-state index contributed by atoms with van der Waals surface area (Å²) >= 11 is 0. The van der Waals surface area contributed by atoms with Gasteiger partial charge in [-0.1, -0.05) is 152 Å². The Morgan fingerprint density at radius 1 is 0.388 bits per heavy atom. The molecule has 2 nitrogen and oxygen atoms in total. The molecule has 0 atom stereocenters. The second kappa shape index (κ2) is 10.8. The minimum atomic E-state index is -0.545. The van der Waals surface area contributed by atoms with E-state index in [1.807, 2.05) is 0 Å². The zero-order valence-electron chi connectivity index (χ0n) is 26.8. The summed E-state index contributed by atoms with van der Waals surface area (Å²) < 4.78 is 6.79. The van der Waals surface area contributed by atoms with E-state index in [0.717, 1.165) is 34.1 Å². The van der Waals surface area contributed by atoms with Crippen LogP contribution in [0.3, 0.4) is 0 Å². The van der Waals surface area contributed by atoms with Gasteiger partial charge in [0, 0.05) is 27.8 Å². The number of nitrogens with zero attached hydrogens (tertiary/aromatic N) is 1. The second-order valence-electron chi connectivity index (χ2n) is 12.8. The molecule has 8 aromatic carbocycles. The van der Waals surface area contributed by atoms with Gasteiger partial charge in [0.15, 0.2) is 0 Å². The molecule has 1 aliphatic heterocycles. The van der Waals surface area contributed by atoms with Crippen LogP contribution in [0.4, 0.5) is 17.1 Å². The van der Waals surface area contributed by atoms with E-state index in [0.29, 0.717) is 0 Å². The maximum Gasteiger partial charge on any atom is 0.132 e. The summed E-state index contributed by atoms with van der Waals surface area (Å²) in [4.78, 5) is 2.44. The van der Waals surface area contributed by atoms with Crippen molar-refractivity contribution in [3.05, 3.63) is 210 Å². The molecule has 49 heavy (non-hydrogen) atoms. The molecule has 1 heterocycles. The van der Waals surface area contributed by atoms with Crippen molar-refractivity contribution in [3.63, 3.8) is 0 Å². The molecule has 8 aromatic rings. The fourth-order valence-electron chi connectivity index (χ4n) is 8.33. The Kier molecular flexibility index (Phi) is 6.13. The number of benzene rings is 8. The first-order chi connectivity index (χ1) is 24.3. The van der Waals surface area contributed by atoms with E-state index in [4.69, 9.17) is 4.74 Å². The molecule has 0 amide bonds. The van der Waals surface area contributed by atoms with Crippen molar-refractivity contribution in [1.82, 2.24) is 0 Å². The van der Waals surface area contributed by atoms with Gasteiger partial charge in [-0.25, -0.2) is 0 Å². The first-order valence-corrected chi connectivity index (χ1v) is 16.9. The van der Waals surface area contributed by atoms with E-state index in [-0.39, 0.29) is 0 Å². The number of fused-ring (bicyclic) bond motifs is 10. The maximum atomic E-state index is 6.79. The lowest BCUT2D eigenvalue weighted by molar-refractivity contribution is 0.436. The largest absolute Gasteiger partial charge is 0.457 e. The first kappa shape index (κ1) is 27.7. The number of para-hydroxylation sites is 2. The van der Waals surface area contributed by atoms with Crippen molar-refractivity contribution in [2.24, 2.45) is 0 Å². The standard InChI is InChI=1S/C47H31NO/c1-2-15-32(16-3-1)35-20-8-12-26-43(35)48(44-27-14-18-33-17-4-5-19-36(33)44)34-29-30-46-42(31-34)47(41-25-11-13-28-45(41)49-46)39-23-9-6-21-37(39)38-22-7-10-24-40(38)47/h1-31H. The fourth-order valence-corrected chi connectivity index (χ4v) is 8.33. The Morgan fingerprint density at radius 2 is 0.959 bits per heavy atom. The summed E-state index contributed by atoms with van der Waals surface area (Å²) in [6, 6.07) is 67.8. The van der Waals surface area contributed by atoms with Crippen LogP contribution in [0.25, 0.3) is 33.0 Å². The van der Waals surface area contributed by atoms with Crippen molar-refractivity contribution < 1.29 is 4.74 Å². The molecule has 2 heteroatoms. The van der Waals surface area contributed by atoms with E-state index >= 15 is 0 Å². The van der Waals surface area contributed by atoms with Crippen LogP contribution < -0.4 is 9.64 Å². The molecule has 2 aliphatic rings. The van der Waals surface area contributed by atoms with E-state index in [1.165, 1.54) is 49.7 Å². The van der Waals surface area contributed by atoms with Gasteiger partial charge < -0.3 is 9.64 Å². The number of anilines is 3. The Balaban J connectivity index is 1.30. The van der Waals surface area contributed by atoms with E-state index < -0.39 is 5.41 Å². The molecule has 0 saturated heterocycles. The Bertz CT molecular complexity index is 2500. The highest BCUT2D eigenvalue weighted by atomic mass is 16.5. The van der Waals surface area contributed by atoms with Gasteiger partial charge in [-0.05, 0) is 69.6 Å². The molecule has 0 fully saturated rings. The zero-order chi connectivity index (χ0) is 32.4. The summed E-state index contributed by atoms with van der Waals surface area (Å²) in [6.07, 6.45) is 0. The number of hydrogen-bond acceptors (Lipinski definition) is 2. The second-order valence-corrected chi connectivity index (χ2v) is 12.8.